The van der Waals surface area contributed by atoms with E-state index in [0.29, 0.717) is 0 Å². The lowest BCUT2D eigenvalue weighted by atomic mass is 10.1. The number of halogens is 3. The Morgan fingerprint density at radius 3 is 2.67 bits per heavy atom. The summed E-state index contributed by atoms with van der Waals surface area (Å²) in [5, 5.41) is 10.4. The van der Waals surface area contributed by atoms with Crippen LogP contribution in [0.15, 0.2) is 6.20 Å². The molecule has 0 atom stereocenters. The van der Waals surface area contributed by atoms with Gasteiger partial charge in [-0.2, -0.15) is 0 Å². The van der Waals surface area contributed by atoms with Gasteiger partial charge in [0.15, 0.2) is 0 Å². The molecule has 15 heavy (non-hydrogen) atoms. The molecule has 1 heterocycles. The summed E-state index contributed by atoms with van der Waals surface area (Å²) in [5.74, 6) is -1.01. The Labute approximate surface area is 88.0 Å². The second kappa shape index (κ2) is 4.35. The highest BCUT2D eigenvalue weighted by atomic mass is 35.5. The maximum absolute atomic E-state index is 12.5. The standard InChI is InChI=1S/C7H6ClF2N3O2/c8-1-3-2-12-7(13(14)15)5(11)4(3)6(9)10/h2,6H,1,11H2. The monoisotopic (exact) mass is 237 g/mol. The van der Waals surface area contributed by atoms with Crippen molar-refractivity contribution in [3.05, 3.63) is 27.4 Å². The molecule has 0 aliphatic carbocycles. The van der Waals surface area contributed by atoms with Crippen molar-refractivity contribution in [1.82, 2.24) is 4.98 Å². The molecule has 0 saturated carbocycles. The van der Waals surface area contributed by atoms with Crippen molar-refractivity contribution in [2.24, 2.45) is 0 Å². The first-order chi connectivity index (χ1) is 6.99. The minimum Gasteiger partial charge on any atom is -0.391 e. The van der Waals surface area contributed by atoms with Crippen LogP contribution in [0.2, 0.25) is 0 Å². The summed E-state index contributed by atoms with van der Waals surface area (Å²) in [6.07, 6.45) is -1.98. The lowest BCUT2D eigenvalue weighted by Gasteiger charge is -2.07. The molecule has 1 aromatic heterocycles. The number of alkyl halides is 3. The largest absolute Gasteiger partial charge is 0.391 e. The highest BCUT2D eigenvalue weighted by Crippen LogP contribution is 2.33. The zero-order valence-corrected chi connectivity index (χ0v) is 8.04. The van der Waals surface area contributed by atoms with E-state index in [4.69, 9.17) is 17.3 Å². The first-order valence-corrected chi connectivity index (χ1v) is 4.28. The molecule has 0 bridgehead atoms. The number of anilines is 1. The predicted molar refractivity (Wildman–Crippen MR) is 49.8 cm³/mol. The summed E-state index contributed by atoms with van der Waals surface area (Å²) in [6, 6.07) is 0. The van der Waals surface area contributed by atoms with E-state index in [2.05, 4.69) is 4.98 Å². The van der Waals surface area contributed by atoms with E-state index in [-0.39, 0.29) is 11.4 Å². The van der Waals surface area contributed by atoms with Crippen LogP contribution in [0, 0.1) is 10.1 Å². The fourth-order valence-electron chi connectivity index (χ4n) is 1.08. The minimum absolute atomic E-state index is 0.00485. The number of hydrogen-bond donors (Lipinski definition) is 1. The molecule has 0 unspecified atom stereocenters. The van der Waals surface area contributed by atoms with Gasteiger partial charge in [-0.25, -0.2) is 8.78 Å². The van der Waals surface area contributed by atoms with Crippen LogP contribution < -0.4 is 5.73 Å². The van der Waals surface area contributed by atoms with Crippen molar-refractivity contribution in [3.8, 4) is 0 Å². The van der Waals surface area contributed by atoms with Gasteiger partial charge >= 0.3 is 5.82 Å². The number of nitrogens with zero attached hydrogens (tertiary/aromatic N) is 2. The van der Waals surface area contributed by atoms with E-state index >= 15 is 0 Å². The molecular weight excluding hydrogens is 232 g/mol. The van der Waals surface area contributed by atoms with Gasteiger partial charge in [0.2, 0.25) is 0 Å². The number of hydrogen-bond acceptors (Lipinski definition) is 4. The van der Waals surface area contributed by atoms with E-state index in [0.717, 1.165) is 6.20 Å². The molecule has 82 valence electrons. The van der Waals surface area contributed by atoms with Crippen LogP contribution >= 0.6 is 11.6 Å². The van der Waals surface area contributed by atoms with Crippen molar-refractivity contribution in [1.29, 1.82) is 0 Å². The van der Waals surface area contributed by atoms with Gasteiger partial charge in [-0.15, -0.1) is 11.6 Å². The third kappa shape index (κ3) is 2.12. The highest BCUT2D eigenvalue weighted by molar-refractivity contribution is 6.17. The Kier molecular flexibility index (Phi) is 3.35. The average molecular weight is 238 g/mol. The number of nitrogen functional groups attached to an aromatic ring is 1. The van der Waals surface area contributed by atoms with Crippen LogP contribution in [0.3, 0.4) is 0 Å². The predicted octanol–water partition coefficient (Wildman–Crippen LogP) is 2.25. The number of aromatic nitrogens is 1. The Morgan fingerprint density at radius 1 is 1.67 bits per heavy atom. The molecule has 0 spiro atoms. The SMILES string of the molecule is Nc1c([N+](=O)[O-])ncc(CCl)c1C(F)F. The van der Waals surface area contributed by atoms with Gasteiger partial charge in [-0.05, 0) is 9.91 Å². The van der Waals surface area contributed by atoms with Crippen LogP contribution in [-0.4, -0.2) is 9.91 Å². The van der Waals surface area contributed by atoms with E-state index in [9.17, 15) is 18.9 Å². The summed E-state index contributed by atoms with van der Waals surface area (Å²) >= 11 is 5.38. The molecule has 0 aliphatic rings. The Morgan fingerprint density at radius 2 is 2.27 bits per heavy atom. The quantitative estimate of drug-likeness (QED) is 0.497. The minimum atomic E-state index is -2.92. The summed E-state index contributed by atoms with van der Waals surface area (Å²) in [4.78, 5) is 12.8. The fourth-order valence-corrected chi connectivity index (χ4v) is 1.29. The molecule has 0 aliphatic heterocycles. The fraction of sp³-hybridized carbons (Fsp3) is 0.286. The van der Waals surface area contributed by atoms with E-state index in [1.54, 1.807) is 0 Å². The summed E-state index contributed by atoms with van der Waals surface area (Å²) in [7, 11) is 0. The first kappa shape index (κ1) is 11.6. The van der Waals surface area contributed by atoms with E-state index < -0.39 is 28.4 Å². The lowest BCUT2D eigenvalue weighted by molar-refractivity contribution is -0.388. The molecular formula is C7H6ClF2N3O2. The van der Waals surface area contributed by atoms with Crippen LogP contribution in [0.25, 0.3) is 0 Å². The molecule has 1 aromatic rings. The Balaban J connectivity index is 3.42. The van der Waals surface area contributed by atoms with Crippen LogP contribution in [0.4, 0.5) is 20.3 Å². The van der Waals surface area contributed by atoms with Crippen LogP contribution in [-0.2, 0) is 5.88 Å². The topological polar surface area (TPSA) is 82.0 Å². The maximum atomic E-state index is 12.5. The van der Waals surface area contributed by atoms with E-state index in [1.165, 1.54) is 0 Å². The molecule has 0 amide bonds. The lowest BCUT2D eigenvalue weighted by Crippen LogP contribution is -2.06. The van der Waals surface area contributed by atoms with Gasteiger partial charge in [0.05, 0.1) is 11.4 Å². The zero-order valence-electron chi connectivity index (χ0n) is 7.28. The van der Waals surface area contributed by atoms with Crippen molar-refractivity contribution < 1.29 is 13.7 Å². The van der Waals surface area contributed by atoms with Crippen LogP contribution in [0.5, 0.6) is 0 Å². The number of nitro groups is 1. The normalized spacial score (nSPS) is 10.7. The van der Waals surface area contributed by atoms with Gasteiger partial charge < -0.3 is 15.8 Å². The summed E-state index contributed by atoms with van der Waals surface area (Å²) < 4.78 is 25.1. The Hall–Kier alpha value is -1.50. The zero-order chi connectivity index (χ0) is 11.6. The Bertz CT molecular complexity index is 400. The van der Waals surface area contributed by atoms with Gasteiger partial charge in [0.25, 0.3) is 6.43 Å². The molecule has 2 N–H and O–H groups in total. The first-order valence-electron chi connectivity index (χ1n) is 3.74. The molecule has 8 heteroatoms. The van der Waals surface area contributed by atoms with Crippen molar-refractivity contribution in [3.63, 3.8) is 0 Å². The summed E-state index contributed by atoms with van der Waals surface area (Å²) in [5.41, 5.74) is 3.96. The van der Waals surface area contributed by atoms with E-state index in [1.807, 2.05) is 0 Å². The van der Waals surface area contributed by atoms with Gasteiger partial charge in [0.1, 0.15) is 11.9 Å². The number of nitrogens with two attached hydrogens (primary N) is 1. The summed E-state index contributed by atoms with van der Waals surface area (Å²) in [6.45, 7) is 0. The molecule has 0 fully saturated rings. The smallest absolute Gasteiger partial charge is 0.387 e. The number of pyridine rings is 1. The third-order valence-electron chi connectivity index (χ3n) is 1.75. The molecule has 0 saturated heterocycles. The van der Waals surface area contributed by atoms with Gasteiger partial charge in [-0.3, -0.25) is 0 Å². The molecule has 0 radical (unpaired) electrons. The second-order valence-corrected chi connectivity index (χ2v) is 2.89. The van der Waals surface area contributed by atoms with Crippen molar-refractivity contribution in [2.45, 2.75) is 12.3 Å². The highest BCUT2D eigenvalue weighted by Gasteiger charge is 2.25. The van der Waals surface area contributed by atoms with Gasteiger partial charge in [0, 0.05) is 5.56 Å². The average Bonchev–Trinajstić information content (AvgIpc) is 2.15. The molecule has 1 rings (SSSR count). The molecule has 0 aromatic carbocycles. The van der Waals surface area contributed by atoms with Crippen molar-refractivity contribution in [2.75, 3.05) is 5.73 Å². The van der Waals surface area contributed by atoms with Gasteiger partial charge in [-0.1, -0.05) is 0 Å². The van der Waals surface area contributed by atoms with Crippen molar-refractivity contribution >= 4 is 23.1 Å². The second-order valence-electron chi connectivity index (χ2n) is 2.63. The third-order valence-corrected chi connectivity index (χ3v) is 2.04. The maximum Gasteiger partial charge on any atom is 0.387 e. The molecule has 5 nitrogen and oxygen atoms in total. The number of rotatable bonds is 3. The van der Waals surface area contributed by atoms with Crippen LogP contribution in [0.1, 0.15) is 17.6 Å².